The van der Waals surface area contributed by atoms with Crippen LogP contribution in [0.1, 0.15) is 37.8 Å². The van der Waals surface area contributed by atoms with Crippen molar-refractivity contribution in [3.63, 3.8) is 0 Å². The summed E-state index contributed by atoms with van der Waals surface area (Å²) in [5, 5.41) is 3.09. The van der Waals surface area contributed by atoms with Gasteiger partial charge in [-0.25, -0.2) is 0 Å². The number of anilines is 1. The van der Waals surface area contributed by atoms with E-state index in [1.807, 2.05) is 24.1 Å². The lowest BCUT2D eigenvalue weighted by Gasteiger charge is -2.24. The maximum atomic E-state index is 12.0. The van der Waals surface area contributed by atoms with E-state index in [-0.39, 0.29) is 5.91 Å². The van der Waals surface area contributed by atoms with E-state index in [0.29, 0.717) is 13.0 Å². The Morgan fingerprint density at radius 1 is 1.33 bits per heavy atom. The Bertz CT molecular complexity index is 406. The van der Waals surface area contributed by atoms with Crippen LogP contribution in [0.5, 0.6) is 0 Å². The molecule has 0 unspecified atom stereocenters. The van der Waals surface area contributed by atoms with E-state index >= 15 is 0 Å². The van der Waals surface area contributed by atoms with E-state index in [1.54, 1.807) is 6.20 Å². The molecular weight excluding hydrogens is 226 g/mol. The monoisotopic (exact) mass is 247 g/mol. The zero-order valence-corrected chi connectivity index (χ0v) is 11.0. The molecule has 1 saturated heterocycles. The summed E-state index contributed by atoms with van der Waals surface area (Å²) in [6.45, 7) is 1.50. The maximum Gasteiger partial charge on any atom is 0.222 e. The minimum Gasteiger partial charge on any atom is -0.388 e. The first-order chi connectivity index (χ1) is 8.79. The van der Waals surface area contributed by atoms with Crippen molar-refractivity contribution in [3.05, 3.63) is 24.0 Å². The predicted molar refractivity (Wildman–Crippen MR) is 72.3 cm³/mol. The molecule has 0 bridgehead atoms. The van der Waals surface area contributed by atoms with Crippen LogP contribution in [0.2, 0.25) is 0 Å². The first-order valence-electron chi connectivity index (χ1n) is 6.70. The van der Waals surface area contributed by atoms with E-state index in [0.717, 1.165) is 30.8 Å². The molecule has 1 aromatic heterocycles. The average molecular weight is 247 g/mol. The van der Waals surface area contributed by atoms with Crippen LogP contribution in [0.4, 0.5) is 5.69 Å². The summed E-state index contributed by atoms with van der Waals surface area (Å²) in [5.41, 5.74) is 2.00. The normalized spacial score (nSPS) is 17.2. The van der Waals surface area contributed by atoms with Gasteiger partial charge >= 0.3 is 0 Å². The van der Waals surface area contributed by atoms with Crippen LogP contribution in [0, 0.1) is 0 Å². The van der Waals surface area contributed by atoms with Crippen molar-refractivity contribution in [3.8, 4) is 0 Å². The van der Waals surface area contributed by atoms with Gasteiger partial charge in [0.05, 0.1) is 12.2 Å². The molecule has 1 aliphatic heterocycles. The molecule has 1 aromatic rings. The summed E-state index contributed by atoms with van der Waals surface area (Å²) < 4.78 is 0. The number of nitrogens with one attached hydrogen (secondary N) is 1. The highest BCUT2D eigenvalue weighted by Crippen LogP contribution is 2.15. The van der Waals surface area contributed by atoms with Crippen molar-refractivity contribution in [1.82, 2.24) is 9.88 Å². The topological polar surface area (TPSA) is 45.2 Å². The predicted octanol–water partition coefficient (Wildman–Crippen LogP) is 2.42. The lowest BCUT2D eigenvalue weighted by Crippen LogP contribution is -2.32. The SMILES string of the molecule is CNc1ccnc(CN2CCCCCCC2=O)c1. The number of hydrogen-bond acceptors (Lipinski definition) is 3. The van der Waals surface area contributed by atoms with Gasteiger partial charge in [0.15, 0.2) is 0 Å². The van der Waals surface area contributed by atoms with Crippen molar-refractivity contribution >= 4 is 11.6 Å². The Morgan fingerprint density at radius 3 is 3.00 bits per heavy atom. The molecular formula is C14H21N3O. The first kappa shape index (κ1) is 12.9. The van der Waals surface area contributed by atoms with E-state index in [9.17, 15) is 4.79 Å². The van der Waals surface area contributed by atoms with Gasteiger partial charge in [0, 0.05) is 31.9 Å². The highest BCUT2D eigenvalue weighted by molar-refractivity contribution is 5.76. The van der Waals surface area contributed by atoms with Crippen LogP contribution >= 0.6 is 0 Å². The Kier molecular flexibility index (Phi) is 4.56. The van der Waals surface area contributed by atoms with Gasteiger partial charge in [-0.2, -0.15) is 0 Å². The van der Waals surface area contributed by atoms with Crippen LogP contribution in [-0.4, -0.2) is 29.4 Å². The summed E-state index contributed by atoms with van der Waals surface area (Å²) in [6.07, 6.45) is 7.03. The van der Waals surface area contributed by atoms with Gasteiger partial charge in [0.1, 0.15) is 0 Å². The third kappa shape index (κ3) is 3.45. The molecule has 0 aliphatic carbocycles. The number of amides is 1. The molecule has 1 fully saturated rings. The fraction of sp³-hybridized carbons (Fsp3) is 0.571. The third-order valence-corrected chi connectivity index (χ3v) is 3.38. The number of carbonyl (C=O) groups excluding carboxylic acids is 1. The lowest BCUT2D eigenvalue weighted by atomic mass is 10.1. The van der Waals surface area contributed by atoms with Crippen LogP contribution in [0.25, 0.3) is 0 Å². The van der Waals surface area contributed by atoms with E-state index in [4.69, 9.17) is 0 Å². The van der Waals surface area contributed by atoms with Gasteiger partial charge in [-0.15, -0.1) is 0 Å². The summed E-state index contributed by atoms with van der Waals surface area (Å²) in [7, 11) is 1.89. The van der Waals surface area contributed by atoms with Gasteiger partial charge in [-0.05, 0) is 25.0 Å². The van der Waals surface area contributed by atoms with Crippen molar-refractivity contribution in [2.45, 2.75) is 38.6 Å². The van der Waals surface area contributed by atoms with Crippen LogP contribution in [-0.2, 0) is 11.3 Å². The van der Waals surface area contributed by atoms with Gasteiger partial charge in [-0.1, -0.05) is 12.8 Å². The summed E-state index contributed by atoms with van der Waals surface area (Å²) >= 11 is 0. The van der Waals surface area contributed by atoms with E-state index in [2.05, 4.69) is 10.3 Å². The highest BCUT2D eigenvalue weighted by atomic mass is 16.2. The Morgan fingerprint density at radius 2 is 2.17 bits per heavy atom. The van der Waals surface area contributed by atoms with Crippen molar-refractivity contribution in [2.24, 2.45) is 0 Å². The fourth-order valence-electron chi connectivity index (χ4n) is 2.30. The molecule has 0 radical (unpaired) electrons. The smallest absolute Gasteiger partial charge is 0.222 e. The van der Waals surface area contributed by atoms with Crippen LogP contribution in [0.3, 0.4) is 0 Å². The zero-order chi connectivity index (χ0) is 12.8. The van der Waals surface area contributed by atoms with Gasteiger partial charge in [0.25, 0.3) is 0 Å². The molecule has 0 saturated carbocycles. The minimum atomic E-state index is 0.270. The molecule has 4 nitrogen and oxygen atoms in total. The largest absolute Gasteiger partial charge is 0.388 e. The molecule has 0 atom stereocenters. The quantitative estimate of drug-likeness (QED) is 0.892. The second-order valence-corrected chi connectivity index (χ2v) is 4.77. The molecule has 2 rings (SSSR count). The lowest BCUT2D eigenvalue weighted by molar-refractivity contribution is -0.132. The van der Waals surface area contributed by atoms with Crippen molar-refractivity contribution in [1.29, 1.82) is 0 Å². The second-order valence-electron chi connectivity index (χ2n) is 4.77. The standard InChI is InChI=1S/C14H21N3O/c1-15-12-7-8-16-13(10-12)11-17-9-5-3-2-4-6-14(17)18/h7-8,10H,2-6,9,11H2,1H3,(H,15,16). The summed E-state index contributed by atoms with van der Waals surface area (Å²) in [4.78, 5) is 18.3. The van der Waals surface area contributed by atoms with Crippen LogP contribution < -0.4 is 5.32 Å². The second kappa shape index (κ2) is 6.38. The summed E-state index contributed by atoms with van der Waals surface area (Å²) in [5.74, 6) is 0.270. The van der Waals surface area contributed by atoms with Gasteiger partial charge in [0.2, 0.25) is 5.91 Å². The highest BCUT2D eigenvalue weighted by Gasteiger charge is 2.16. The molecule has 4 heteroatoms. The molecule has 1 aliphatic rings. The number of carbonyl (C=O) groups is 1. The molecule has 0 spiro atoms. The number of hydrogen-bond donors (Lipinski definition) is 1. The summed E-state index contributed by atoms with van der Waals surface area (Å²) in [6, 6.07) is 3.94. The van der Waals surface area contributed by atoms with E-state index in [1.165, 1.54) is 12.8 Å². The zero-order valence-electron chi connectivity index (χ0n) is 11.0. The molecule has 98 valence electrons. The maximum absolute atomic E-state index is 12.0. The number of nitrogens with zero attached hydrogens (tertiary/aromatic N) is 2. The number of rotatable bonds is 3. The Hall–Kier alpha value is -1.58. The minimum absolute atomic E-state index is 0.270. The Labute approximate surface area is 108 Å². The number of pyridine rings is 1. The van der Waals surface area contributed by atoms with Crippen molar-refractivity contribution in [2.75, 3.05) is 18.9 Å². The van der Waals surface area contributed by atoms with Gasteiger partial charge in [-0.3, -0.25) is 9.78 Å². The Balaban J connectivity index is 2.03. The van der Waals surface area contributed by atoms with Crippen molar-refractivity contribution < 1.29 is 4.79 Å². The molecule has 18 heavy (non-hydrogen) atoms. The van der Waals surface area contributed by atoms with E-state index < -0.39 is 0 Å². The third-order valence-electron chi connectivity index (χ3n) is 3.38. The molecule has 0 aromatic carbocycles. The first-order valence-corrected chi connectivity index (χ1v) is 6.70. The molecule has 1 amide bonds. The average Bonchev–Trinajstić information content (AvgIpc) is 2.39. The van der Waals surface area contributed by atoms with Gasteiger partial charge < -0.3 is 10.2 Å². The fourth-order valence-corrected chi connectivity index (χ4v) is 2.30. The van der Waals surface area contributed by atoms with Crippen LogP contribution in [0.15, 0.2) is 18.3 Å². The molecule has 2 heterocycles. The number of likely N-dealkylation sites (tertiary alicyclic amines) is 1. The number of aromatic nitrogens is 1. The molecule has 1 N–H and O–H groups in total.